The molecular weight excluding hydrogens is 342 g/mol. The van der Waals surface area contributed by atoms with Crippen LogP contribution < -0.4 is 16.2 Å². The molecule has 1 amide bonds. The third-order valence-corrected chi connectivity index (χ3v) is 6.47. The molecule has 1 aromatic carbocycles. The second kappa shape index (κ2) is 5.88. The number of hydrogen-bond acceptors (Lipinski definition) is 2. The number of benzene rings is 1. The highest BCUT2D eigenvalue weighted by atomic mass is 35.5. The van der Waals surface area contributed by atoms with Gasteiger partial charge in [-0.2, -0.15) is 0 Å². The van der Waals surface area contributed by atoms with Crippen molar-refractivity contribution in [2.45, 2.75) is 38.5 Å². The lowest BCUT2D eigenvalue weighted by atomic mass is 9.49. The van der Waals surface area contributed by atoms with Crippen LogP contribution in [0.25, 0.3) is 0 Å². The van der Waals surface area contributed by atoms with E-state index in [0.717, 1.165) is 42.7 Å². The van der Waals surface area contributed by atoms with Gasteiger partial charge in [-0.3, -0.25) is 10.2 Å². The lowest BCUT2D eigenvalue weighted by Gasteiger charge is -2.55. The predicted octanol–water partition coefficient (Wildman–Crippen LogP) is 3.64. The van der Waals surface area contributed by atoms with Crippen molar-refractivity contribution in [3.05, 3.63) is 29.3 Å². The molecule has 0 unspecified atom stereocenters. The summed E-state index contributed by atoms with van der Waals surface area (Å²) < 4.78 is 0. The Hall–Kier alpha value is -1.33. The smallest absolute Gasteiger partial charge is 0.245 e. The fourth-order valence-corrected chi connectivity index (χ4v) is 5.72. The van der Waals surface area contributed by atoms with Gasteiger partial charge in [-0.1, -0.05) is 11.6 Å². The molecule has 6 heteroatoms. The Labute approximate surface area is 152 Å². The number of thiocarbonyl (C=S) groups is 1. The summed E-state index contributed by atoms with van der Waals surface area (Å²) in [5, 5.41) is 2.27. The number of nitrogens with zero attached hydrogens (tertiary/aromatic N) is 1. The largest absolute Gasteiger partial charge is 0.374 e. The van der Waals surface area contributed by atoms with Crippen LogP contribution in [0.4, 0.5) is 5.69 Å². The van der Waals surface area contributed by atoms with Gasteiger partial charge in [0.25, 0.3) is 0 Å². The van der Waals surface area contributed by atoms with Gasteiger partial charge in [-0.15, -0.1) is 0 Å². The first-order chi connectivity index (χ1) is 11.4. The molecule has 4 saturated carbocycles. The van der Waals surface area contributed by atoms with Crippen LogP contribution in [0.15, 0.2) is 24.3 Å². The van der Waals surface area contributed by atoms with Gasteiger partial charge in [-0.05, 0) is 92.8 Å². The van der Waals surface area contributed by atoms with Crippen molar-refractivity contribution in [2.24, 2.45) is 28.9 Å². The first kappa shape index (κ1) is 16.2. The molecule has 3 N–H and O–H groups in total. The fraction of sp³-hybridized carbons (Fsp3) is 0.556. The van der Waals surface area contributed by atoms with Crippen molar-refractivity contribution in [1.82, 2.24) is 5.43 Å². The summed E-state index contributed by atoms with van der Waals surface area (Å²) in [6.07, 6.45) is 6.96. The lowest BCUT2D eigenvalue weighted by molar-refractivity contribution is -0.146. The molecule has 0 atom stereocenters. The zero-order chi connectivity index (χ0) is 16.9. The van der Waals surface area contributed by atoms with Crippen molar-refractivity contribution in [3.63, 3.8) is 0 Å². The lowest BCUT2D eigenvalue weighted by Crippen LogP contribution is -2.58. The third-order valence-electron chi connectivity index (χ3n) is 6.04. The number of hydrogen-bond donors (Lipinski definition) is 2. The van der Waals surface area contributed by atoms with Crippen molar-refractivity contribution < 1.29 is 4.79 Å². The summed E-state index contributed by atoms with van der Waals surface area (Å²) in [6, 6.07) is 7.14. The van der Waals surface area contributed by atoms with Gasteiger partial charge in [0.15, 0.2) is 5.11 Å². The molecule has 5 rings (SSSR count). The normalized spacial score (nSPS) is 33.3. The third kappa shape index (κ3) is 2.78. The maximum absolute atomic E-state index is 13.2. The van der Waals surface area contributed by atoms with Crippen LogP contribution in [-0.2, 0) is 4.79 Å². The molecule has 0 saturated heterocycles. The monoisotopic (exact) mass is 363 g/mol. The topological polar surface area (TPSA) is 58.4 Å². The van der Waals surface area contributed by atoms with Crippen LogP contribution in [0, 0.1) is 23.2 Å². The number of amides is 1. The second-order valence-corrected chi connectivity index (χ2v) is 8.64. The molecule has 4 bridgehead atoms. The standard InChI is InChI=1S/C18H22ClN3OS/c19-14-1-3-15(4-2-14)22(17(20)24)21-16(23)18-8-11-5-12(9-18)7-13(6-11)10-18/h1-4,11-13H,5-10H2,(H2,20,24)(H,21,23). The minimum Gasteiger partial charge on any atom is -0.374 e. The molecule has 4 fully saturated rings. The number of rotatable bonds is 2. The maximum atomic E-state index is 13.2. The number of nitrogens with one attached hydrogen (secondary N) is 1. The van der Waals surface area contributed by atoms with E-state index in [-0.39, 0.29) is 16.4 Å². The fourth-order valence-electron chi connectivity index (χ4n) is 5.45. The van der Waals surface area contributed by atoms with E-state index in [4.69, 9.17) is 29.6 Å². The van der Waals surface area contributed by atoms with Gasteiger partial charge in [0, 0.05) is 5.02 Å². The summed E-state index contributed by atoms with van der Waals surface area (Å²) in [5.41, 5.74) is 9.35. The number of hydrazine groups is 1. The first-order valence-electron chi connectivity index (χ1n) is 8.61. The average molecular weight is 364 g/mol. The zero-order valence-corrected chi connectivity index (χ0v) is 15.1. The Morgan fingerprint density at radius 1 is 1.12 bits per heavy atom. The van der Waals surface area contributed by atoms with E-state index in [9.17, 15) is 4.79 Å². The van der Waals surface area contributed by atoms with E-state index in [2.05, 4.69) is 5.43 Å². The molecule has 0 radical (unpaired) electrons. The zero-order valence-electron chi connectivity index (χ0n) is 13.5. The van der Waals surface area contributed by atoms with Crippen LogP contribution in [0.5, 0.6) is 0 Å². The molecule has 1 aromatic rings. The highest BCUT2D eigenvalue weighted by molar-refractivity contribution is 7.80. The predicted molar refractivity (Wildman–Crippen MR) is 99.5 cm³/mol. The van der Waals surface area contributed by atoms with Crippen molar-refractivity contribution >= 4 is 40.5 Å². The molecule has 128 valence electrons. The molecular formula is C18H22ClN3OS. The molecule has 4 nitrogen and oxygen atoms in total. The Morgan fingerprint density at radius 2 is 1.62 bits per heavy atom. The van der Waals surface area contributed by atoms with Gasteiger partial charge < -0.3 is 5.73 Å². The van der Waals surface area contributed by atoms with Crippen molar-refractivity contribution in [1.29, 1.82) is 0 Å². The number of nitrogens with two attached hydrogens (primary N) is 1. The number of anilines is 1. The number of carbonyl (C=O) groups excluding carboxylic acids is 1. The van der Waals surface area contributed by atoms with Crippen LogP contribution >= 0.6 is 23.8 Å². The van der Waals surface area contributed by atoms with Crippen LogP contribution in [-0.4, -0.2) is 11.0 Å². The van der Waals surface area contributed by atoms with Crippen molar-refractivity contribution in [3.8, 4) is 0 Å². The highest BCUT2D eigenvalue weighted by Crippen LogP contribution is 2.60. The van der Waals surface area contributed by atoms with Gasteiger partial charge in [0.05, 0.1) is 11.1 Å². The minimum atomic E-state index is -0.232. The molecule has 0 aromatic heterocycles. The Balaban J connectivity index is 1.55. The highest BCUT2D eigenvalue weighted by Gasteiger charge is 2.54. The minimum absolute atomic E-state index is 0.0735. The quantitative estimate of drug-likeness (QED) is 0.622. The second-order valence-electron chi connectivity index (χ2n) is 7.79. The molecule has 0 spiro atoms. The summed E-state index contributed by atoms with van der Waals surface area (Å²) in [4.78, 5) is 13.2. The van der Waals surface area contributed by atoms with E-state index in [1.54, 1.807) is 12.1 Å². The van der Waals surface area contributed by atoms with E-state index >= 15 is 0 Å². The molecule has 24 heavy (non-hydrogen) atoms. The van der Waals surface area contributed by atoms with Gasteiger partial charge in [-0.25, -0.2) is 5.01 Å². The SMILES string of the molecule is NC(=S)N(NC(=O)C12CC3CC(CC(C3)C1)C2)c1ccc(Cl)cc1. The summed E-state index contributed by atoms with van der Waals surface area (Å²) in [6.45, 7) is 0. The number of carbonyl (C=O) groups is 1. The van der Waals surface area contributed by atoms with Crippen LogP contribution in [0.1, 0.15) is 38.5 Å². The first-order valence-corrected chi connectivity index (χ1v) is 9.40. The number of halogens is 1. The molecule has 0 aliphatic heterocycles. The summed E-state index contributed by atoms with van der Waals surface area (Å²) in [5.74, 6) is 2.23. The summed E-state index contributed by atoms with van der Waals surface area (Å²) in [7, 11) is 0. The van der Waals surface area contributed by atoms with Gasteiger partial charge in [0.1, 0.15) is 0 Å². The van der Waals surface area contributed by atoms with Crippen LogP contribution in [0.2, 0.25) is 5.02 Å². The Morgan fingerprint density at radius 3 is 2.08 bits per heavy atom. The van der Waals surface area contributed by atoms with E-state index < -0.39 is 0 Å². The van der Waals surface area contributed by atoms with Gasteiger partial charge >= 0.3 is 0 Å². The van der Waals surface area contributed by atoms with E-state index in [0.29, 0.717) is 5.02 Å². The van der Waals surface area contributed by atoms with E-state index in [1.807, 2.05) is 12.1 Å². The Bertz CT molecular complexity index is 640. The molecule has 4 aliphatic carbocycles. The average Bonchev–Trinajstić information content (AvgIpc) is 2.52. The summed E-state index contributed by atoms with van der Waals surface area (Å²) >= 11 is 11.1. The molecule has 0 heterocycles. The van der Waals surface area contributed by atoms with Crippen LogP contribution in [0.3, 0.4) is 0 Å². The Kier molecular flexibility index (Phi) is 3.96. The molecule has 4 aliphatic rings. The maximum Gasteiger partial charge on any atom is 0.245 e. The van der Waals surface area contributed by atoms with Gasteiger partial charge in [0.2, 0.25) is 5.91 Å². The van der Waals surface area contributed by atoms with E-state index in [1.165, 1.54) is 24.3 Å². The van der Waals surface area contributed by atoms with Crippen molar-refractivity contribution in [2.75, 3.05) is 5.01 Å².